The SMILES string of the molecule is O=C(CC(c1ccc(F)cc1)c1ccc(F)cc1)Nc1cncc(F)c1CC[C@@H]1CC[C@H](COC(=O)NCCOc2ccccc2)CO1. The second-order valence-corrected chi connectivity index (χ2v) is 11.7. The van der Waals surface area contributed by atoms with Crippen LogP contribution in [0.3, 0.4) is 0 Å². The van der Waals surface area contributed by atoms with E-state index in [-0.39, 0.29) is 30.7 Å². The lowest BCUT2D eigenvalue weighted by atomic mass is 9.88. The number of halogens is 3. The lowest BCUT2D eigenvalue weighted by molar-refractivity contribution is -0.116. The molecule has 0 unspecified atom stereocenters. The predicted octanol–water partition coefficient (Wildman–Crippen LogP) is 7.19. The number of ether oxygens (including phenoxy) is 3. The fourth-order valence-corrected chi connectivity index (χ4v) is 5.64. The molecule has 0 aliphatic carbocycles. The number of benzene rings is 3. The van der Waals surface area contributed by atoms with Gasteiger partial charge in [-0.3, -0.25) is 9.78 Å². The van der Waals surface area contributed by atoms with Crippen molar-refractivity contribution in [2.75, 3.05) is 31.7 Å². The smallest absolute Gasteiger partial charge is 0.407 e. The van der Waals surface area contributed by atoms with Gasteiger partial charge in [0.2, 0.25) is 5.91 Å². The fourth-order valence-electron chi connectivity index (χ4n) is 5.64. The van der Waals surface area contributed by atoms with E-state index in [1.54, 1.807) is 24.3 Å². The molecule has 2 amide bonds. The monoisotopic (exact) mass is 661 g/mol. The molecule has 0 spiro atoms. The summed E-state index contributed by atoms with van der Waals surface area (Å²) >= 11 is 0. The van der Waals surface area contributed by atoms with Crippen LogP contribution in [0.5, 0.6) is 5.75 Å². The Labute approximate surface area is 277 Å². The highest BCUT2D eigenvalue weighted by Crippen LogP contribution is 2.30. The molecule has 1 aliphatic heterocycles. The molecular formula is C37H38F3N3O5. The number of amides is 2. The zero-order chi connectivity index (χ0) is 33.7. The average Bonchev–Trinajstić information content (AvgIpc) is 3.10. The molecule has 0 saturated carbocycles. The minimum Gasteiger partial charge on any atom is -0.492 e. The van der Waals surface area contributed by atoms with Crippen molar-refractivity contribution >= 4 is 17.7 Å². The summed E-state index contributed by atoms with van der Waals surface area (Å²) in [5.41, 5.74) is 1.95. The molecule has 2 N–H and O–H groups in total. The van der Waals surface area contributed by atoms with Crippen LogP contribution in [0, 0.1) is 23.4 Å². The second kappa shape index (κ2) is 17.3. The fraction of sp³-hybridized carbons (Fsp3) is 0.324. The van der Waals surface area contributed by atoms with E-state index < -0.39 is 35.4 Å². The van der Waals surface area contributed by atoms with Gasteiger partial charge in [-0.2, -0.15) is 0 Å². The second-order valence-electron chi connectivity index (χ2n) is 11.7. The molecule has 1 fully saturated rings. The topological polar surface area (TPSA) is 98.8 Å². The van der Waals surface area contributed by atoms with E-state index in [0.29, 0.717) is 55.7 Å². The number of nitrogens with one attached hydrogen (secondary N) is 2. The predicted molar refractivity (Wildman–Crippen MR) is 174 cm³/mol. The Morgan fingerprint density at radius 3 is 2.23 bits per heavy atom. The number of pyridine rings is 1. The van der Waals surface area contributed by atoms with Gasteiger partial charge in [0, 0.05) is 23.8 Å². The normalized spacial score (nSPS) is 15.9. The number of hydrogen-bond acceptors (Lipinski definition) is 6. The summed E-state index contributed by atoms with van der Waals surface area (Å²) in [6, 6.07) is 20.9. The molecule has 48 heavy (non-hydrogen) atoms. The van der Waals surface area contributed by atoms with Crippen molar-refractivity contribution < 1.29 is 37.0 Å². The Balaban J connectivity index is 1.08. The van der Waals surface area contributed by atoms with Crippen LogP contribution >= 0.6 is 0 Å². The summed E-state index contributed by atoms with van der Waals surface area (Å²) in [4.78, 5) is 29.3. The van der Waals surface area contributed by atoms with Gasteiger partial charge < -0.3 is 24.8 Å². The number of rotatable bonds is 14. The number of hydrogen-bond donors (Lipinski definition) is 2. The van der Waals surface area contributed by atoms with Gasteiger partial charge in [-0.1, -0.05) is 42.5 Å². The van der Waals surface area contributed by atoms with Crippen molar-refractivity contribution in [3.05, 3.63) is 125 Å². The third kappa shape index (κ3) is 10.3. The molecule has 3 aromatic carbocycles. The summed E-state index contributed by atoms with van der Waals surface area (Å²) in [6.45, 7) is 1.27. The van der Waals surface area contributed by atoms with Crippen LogP contribution in [0.1, 0.15) is 48.3 Å². The highest BCUT2D eigenvalue weighted by Gasteiger charge is 2.25. The first kappa shape index (κ1) is 34.4. The number of anilines is 1. The number of alkyl carbamates (subject to hydrolysis) is 1. The quantitative estimate of drug-likeness (QED) is 0.139. The molecular weight excluding hydrogens is 623 g/mol. The summed E-state index contributed by atoms with van der Waals surface area (Å²) in [5.74, 6) is -1.46. The van der Waals surface area contributed by atoms with Crippen LogP contribution in [0.2, 0.25) is 0 Å². The Morgan fingerprint density at radius 1 is 0.896 bits per heavy atom. The molecule has 0 bridgehead atoms. The Bertz CT molecular complexity index is 1570. The minimum atomic E-state index is -0.538. The van der Waals surface area contributed by atoms with Crippen LogP contribution in [0.4, 0.5) is 23.7 Å². The molecule has 1 aliphatic rings. The van der Waals surface area contributed by atoms with Gasteiger partial charge >= 0.3 is 6.09 Å². The standard InChI is InChI=1S/C37H38F3N3O5/c38-28-11-7-26(8-12-28)33(27-9-13-29(39)14-10-27)20-36(44)43-35-22-41-21-34(40)32(35)17-16-31-15-6-25(23-47-31)24-48-37(45)42-18-19-46-30-4-2-1-3-5-30/h1-5,7-14,21-22,25,31,33H,6,15-20,23-24H2,(H,42,45)(H,43,44)/t25-,31-/m0/s1. The summed E-state index contributed by atoms with van der Waals surface area (Å²) in [6.07, 6.45) is 4.17. The molecule has 11 heteroatoms. The first-order valence-corrected chi connectivity index (χ1v) is 16.0. The zero-order valence-corrected chi connectivity index (χ0v) is 26.4. The first-order chi connectivity index (χ1) is 23.3. The molecule has 1 aromatic heterocycles. The Morgan fingerprint density at radius 2 is 1.58 bits per heavy atom. The van der Waals surface area contributed by atoms with Gasteiger partial charge in [0.1, 0.15) is 29.8 Å². The lowest BCUT2D eigenvalue weighted by Crippen LogP contribution is -2.33. The molecule has 2 heterocycles. The maximum atomic E-state index is 15.0. The van der Waals surface area contributed by atoms with E-state index in [4.69, 9.17) is 14.2 Å². The van der Waals surface area contributed by atoms with E-state index >= 15 is 0 Å². The average molecular weight is 662 g/mol. The highest BCUT2D eigenvalue weighted by atomic mass is 19.1. The van der Waals surface area contributed by atoms with Crippen LogP contribution in [0.15, 0.2) is 91.3 Å². The van der Waals surface area contributed by atoms with Crippen LogP contribution in [0.25, 0.3) is 0 Å². The van der Waals surface area contributed by atoms with E-state index in [9.17, 15) is 22.8 Å². The van der Waals surface area contributed by atoms with Gasteiger partial charge in [0.05, 0.1) is 43.9 Å². The maximum absolute atomic E-state index is 15.0. The molecule has 2 atom stereocenters. The van der Waals surface area contributed by atoms with E-state index in [2.05, 4.69) is 15.6 Å². The van der Waals surface area contributed by atoms with Gasteiger partial charge in [0.25, 0.3) is 0 Å². The number of para-hydroxylation sites is 1. The van der Waals surface area contributed by atoms with Gasteiger partial charge in [0.15, 0.2) is 0 Å². The van der Waals surface area contributed by atoms with Crippen molar-refractivity contribution in [2.45, 2.75) is 44.1 Å². The molecule has 1 saturated heterocycles. The van der Waals surface area contributed by atoms with Crippen molar-refractivity contribution in [3.8, 4) is 5.75 Å². The van der Waals surface area contributed by atoms with E-state index in [1.165, 1.54) is 30.5 Å². The zero-order valence-electron chi connectivity index (χ0n) is 26.4. The van der Waals surface area contributed by atoms with Crippen molar-refractivity contribution in [1.29, 1.82) is 0 Å². The van der Waals surface area contributed by atoms with Crippen molar-refractivity contribution in [3.63, 3.8) is 0 Å². The lowest BCUT2D eigenvalue weighted by Gasteiger charge is -2.29. The van der Waals surface area contributed by atoms with Crippen LogP contribution in [-0.2, 0) is 20.7 Å². The maximum Gasteiger partial charge on any atom is 0.407 e. The Kier molecular flexibility index (Phi) is 12.4. The largest absolute Gasteiger partial charge is 0.492 e. The minimum absolute atomic E-state index is 0.0398. The van der Waals surface area contributed by atoms with Crippen LogP contribution < -0.4 is 15.4 Å². The van der Waals surface area contributed by atoms with Crippen molar-refractivity contribution in [1.82, 2.24) is 10.3 Å². The molecule has 4 aromatic rings. The van der Waals surface area contributed by atoms with Crippen LogP contribution in [-0.4, -0.2) is 49.5 Å². The molecule has 8 nitrogen and oxygen atoms in total. The van der Waals surface area contributed by atoms with Gasteiger partial charge in [-0.15, -0.1) is 0 Å². The number of carbonyl (C=O) groups excluding carboxylic acids is 2. The molecule has 0 radical (unpaired) electrons. The summed E-state index contributed by atoms with van der Waals surface area (Å²) in [5, 5.41) is 5.47. The molecule has 252 valence electrons. The third-order valence-electron chi connectivity index (χ3n) is 8.23. The third-order valence-corrected chi connectivity index (χ3v) is 8.23. The number of nitrogens with zero attached hydrogens (tertiary/aromatic N) is 1. The molecule has 5 rings (SSSR count). The van der Waals surface area contributed by atoms with E-state index in [0.717, 1.165) is 18.4 Å². The van der Waals surface area contributed by atoms with Crippen molar-refractivity contribution in [2.24, 2.45) is 5.92 Å². The summed E-state index contributed by atoms with van der Waals surface area (Å²) in [7, 11) is 0. The Hall–Kier alpha value is -4.90. The number of aromatic nitrogens is 1. The van der Waals surface area contributed by atoms with E-state index in [1.807, 2.05) is 30.3 Å². The van der Waals surface area contributed by atoms with Gasteiger partial charge in [-0.25, -0.2) is 18.0 Å². The summed E-state index contributed by atoms with van der Waals surface area (Å²) < 4.78 is 59.1. The van der Waals surface area contributed by atoms with Gasteiger partial charge in [-0.05, 0) is 73.2 Å². The first-order valence-electron chi connectivity index (χ1n) is 16.0. The number of carbonyl (C=O) groups is 2. The highest BCUT2D eigenvalue weighted by molar-refractivity contribution is 5.92.